The van der Waals surface area contributed by atoms with E-state index in [-0.39, 0.29) is 0 Å². The Bertz CT molecular complexity index is 1120. The normalized spacial score (nSPS) is 14.4. The third-order valence-electron chi connectivity index (χ3n) is 4.76. The summed E-state index contributed by atoms with van der Waals surface area (Å²) in [7, 11) is 1.59. The smallest absolute Gasteiger partial charge is 0.368 e. The maximum absolute atomic E-state index is 12.2. The molecule has 30 heavy (non-hydrogen) atoms. The van der Waals surface area contributed by atoms with E-state index in [1.807, 2.05) is 79.7 Å². The van der Waals surface area contributed by atoms with Crippen molar-refractivity contribution in [2.24, 2.45) is 5.16 Å². The van der Waals surface area contributed by atoms with Crippen LogP contribution >= 0.6 is 0 Å². The maximum Gasteiger partial charge on any atom is 0.368 e. The van der Waals surface area contributed by atoms with Gasteiger partial charge in [0.05, 0.1) is 12.7 Å². The van der Waals surface area contributed by atoms with Crippen LogP contribution in [0.25, 0.3) is 6.08 Å². The van der Waals surface area contributed by atoms with E-state index in [1.54, 1.807) is 13.2 Å². The fraction of sp³-hybridized carbons (Fsp3) is 0.120. The first-order valence-corrected chi connectivity index (χ1v) is 9.57. The number of rotatable bonds is 6. The summed E-state index contributed by atoms with van der Waals surface area (Å²) in [4.78, 5) is 17.2. The van der Waals surface area contributed by atoms with Gasteiger partial charge in [-0.25, -0.2) is 4.79 Å². The van der Waals surface area contributed by atoms with Gasteiger partial charge in [-0.15, -0.1) is 0 Å². The molecule has 3 aromatic carbocycles. The summed E-state index contributed by atoms with van der Waals surface area (Å²) in [5.74, 6) is 0.736. The van der Waals surface area contributed by atoms with E-state index in [0.29, 0.717) is 29.4 Å². The number of benzene rings is 3. The minimum atomic E-state index is -0.478. The molecule has 5 heteroatoms. The zero-order valence-corrected chi connectivity index (χ0v) is 16.8. The molecule has 3 aromatic rings. The van der Waals surface area contributed by atoms with Crippen LogP contribution < -0.4 is 9.47 Å². The molecule has 1 aliphatic rings. The van der Waals surface area contributed by atoms with Gasteiger partial charge >= 0.3 is 5.97 Å². The number of hydrogen-bond acceptors (Lipinski definition) is 5. The summed E-state index contributed by atoms with van der Waals surface area (Å²) in [5.41, 5.74) is 4.73. The molecule has 0 aliphatic carbocycles. The molecule has 0 spiro atoms. The highest BCUT2D eigenvalue weighted by Gasteiger charge is 2.26. The lowest BCUT2D eigenvalue weighted by Crippen LogP contribution is -2.07. The largest absolute Gasteiger partial charge is 0.493 e. The van der Waals surface area contributed by atoms with Gasteiger partial charge in [0.1, 0.15) is 12.3 Å². The van der Waals surface area contributed by atoms with Gasteiger partial charge in [-0.1, -0.05) is 71.4 Å². The van der Waals surface area contributed by atoms with Gasteiger partial charge in [-0.05, 0) is 36.3 Å². The SMILES string of the molecule is COc1cc(C=C2C(=O)ON=C2c2ccc(C)cc2)ccc1OCc1ccccc1. The van der Waals surface area contributed by atoms with Crippen LogP contribution in [0.3, 0.4) is 0 Å². The molecule has 0 saturated carbocycles. The predicted octanol–water partition coefficient (Wildman–Crippen LogP) is 4.93. The minimum absolute atomic E-state index is 0.402. The Morgan fingerprint density at radius 2 is 1.73 bits per heavy atom. The standard InChI is InChI=1S/C25H21NO4/c1-17-8-11-20(12-9-17)24-21(25(27)30-26-24)14-19-10-13-22(23(15-19)28-2)29-16-18-6-4-3-5-7-18/h3-15H,16H2,1-2H3. The van der Waals surface area contributed by atoms with Crippen LogP contribution in [-0.4, -0.2) is 18.8 Å². The van der Waals surface area contributed by atoms with Crippen molar-refractivity contribution in [2.45, 2.75) is 13.5 Å². The van der Waals surface area contributed by atoms with Crippen molar-refractivity contribution in [2.75, 3.05) is 7.11 Å². The molecule has 0 atom stereocenters. The second kappa shape index (κ2) is 8.66. The highest BCUT2D eigenvalue weighted by Crippen LogP contribution is 2.30. The second-order valence-corrected chi connectivity index (χ2v) is 6.93. The van der Waals surface area contributed by atoms with Crippen LogP contribution in [0.1, 0.15) is 22.3 Å². The fourth-order valence-corrected chi connectivity index (χ4v) is 3.12. The van der Waals surface area contributed by atoms with Gasteiger partial charge in [-0.2, -0.15) is 0 Å². The van der Waals surface area contributed by atoms with Crippen molar-refractivity contribution in [3.63, 3.8) is 0 Å². The first kappa shape index (κ1) is 19.5. The van der Waals surface area contributed by atoms with E-state index in [9.17, 15) is 4.79 Å². The molecule has 0 radical (unpaired) electrons. The quantitative estimate of drug-likeness (QED) is 0.436. The molecule has 0 amide bonds. The molecule has 1 heterocycles. The second-order valence-electron chi connectivity index (χ2n) is 6.93. The Morgan fingerprint density at radius 3 is 2.47 bits per heavy atom. The average molecular weight is 399 g/mol. The molecule has 1 aliphatic heterocycles. The highest BCUT2D eigenvalue weighted by molar-refractivity contribution is 6.31. The minimum Gasteiger partial charge on any atom is -0.493 e. The molecule has 0 saturated heterocycles. The average Bonchev–Trinajstić information content (AvgIpc) is 3.14. The summed E-state index contributed by atoms with van der Waals surface area (Å²) in [6, 6.07) is 23.2. The Balaban J connectivity index is 1.58. The predicted molar refractivity (Wildman–Crippen MR) is 116 cm³/mol. The van der Waals surface area contributed by atoms with Crippen LogP contribution in [0.5, 0.6) is 11.5 Å². The third kappa shape index (κ3) is 4.25. The fourth-order valence-electron chi connectivity index (χ4n) is 3.12. The number of nitrogens with zero attached hydrogens (tertiary/aromatic N) is 1. The van der Waals surface area contributed by atoms with Crippen LogP contribution in [0.4, 0.5) is 0 Å². The van der Waals surface area contributed by atoms with Crippen molar-refractivity contribution in [1.82, 2.24) is 0 Å². The van der Waals surface area contributed by atoms with E-state index in [1.165, 1.54) is 0 Å². The highest BCUT2D eigenvalue weighted by atomic mass is 16.7. The maximum atomic E-state index is 12.2. The van der Waals surface area contributed by atoms with E-state index in [2.05, 4.69) is 5.16 Å². The zero-order valence-electron chi connectivity index (χ0n) is 16.8. The summed E-state index contributed by atoms with van der Waals surface area (Å²) in [6.45, 7) is 2.44. The topological polar surface area (TPSA) is 57.1 Å². The first-order chi connectivity index (χ1) is 14.6. The van der Waals surface area contributed by atoms with Crippen LogP contribution in [0.2, 0.25) is 0 Å². The molecule has 0 bridgehead atoms. The van der Waals surface area contributed by atoms with Gasteiger partial charge in [-0.3, -0.25) is 0 Å². The summed E-state index contributed by atoms with van der Waals surface area (Å²) in [5, 5.41) is 3.96. The lowest BCUT2D eigenvalue weighted by molar-refractivity contribution is -0.136. The van der Waals surface area contributed by atoms with E-state index in [4.69, 9.17) is 14.3 Å². The molecule has 0 aromatic heterocycles. The number of ether oxygens (including phenoxy) is 2. The van der Waals surface area contributed by atoms with Crippen molar-refractivity contribution in [1.29, 1.82) is 0 Å². The molecule has 150 valence electrons. The van der Waals surface area contributed by atoms with E-state index >= 15 is 0 Å². The molecule has 5 nitrogen and oxygen atoms in total. The Labute approximate surface area is 175 Å². The number of carbonyl (C=O) groups is 1. The number of aryl methyl sites for hydroxylation is 1. The van der Waals surface area contributed by atoms with Gasteiger partial charge in [0.15, 0.2) is 11.5 Å². The van der Waals surface area contributed by atoms with Crippen molar-refractivity contribution < 1.29 is 19.1 Å². The van der Waals surface area contributed by atoms with Gasteiger partial charge in [0.2, 0.25) is 0 Å². The lowest BCUT2D eigenvalue weighted by atomic mass is 10.00. The van der Waals surface area contributed by atoms with Crippen molar-refractivity contribution >= 4 is 17.8 Å². The van der Waals surface area contributed by atoms with Crippen LogP contribution in [0.15, 0.2) is 83.5 Å². The molecular weight excluding hydrogens is 378 g/mol. The number of carbonyl (C=O) groups excluding carboxylic acids is 1. The van der Waals surface area contributed by atoms with Crippen molar-refractivity contribution in [3.8, 4) is 11.5 Å². The molecule has 0 fully saturated rings. The summed E-state index contributed by atoms with van der Waals surface area (Å²) < 4.78 is 11.4. The van der Waals surface area contributed by atoms with E-state index < -0.39 is 5.97 Å². The first-order valence-electron chi connectivity index (χ1n) is 9.57. The lowest BCUT2D eigenvalue weighted by Gasteiger charge is -2.11. The van der Waals surface area contributed by atoms with Gasteiger partial charge in [0, 0.05) is 5.56 Å². The van der Waals surface area contributed by atoms with Crippen molar-refractivity contribution in [3.05, 3.63) is 101 Å². The monoisotopic (exact) mass is 399 g/mol. The zero-order chi connectivity index (χ0) is 20.9. The Hall–Kier alpha value is -3.86. The summed E-state index contributed by atoms with van der Waals surface area (Å²) in [6.07, 6.45) is 1.75. The van der Waals surface area contributed by atoms with Gasteiger partial charge in [0.25, 0.3) is 0 Å². The van der Waals surface area contributed by atoms with Crippen LogP contribution in [-0.2, 0) is 16.2 Å². The van der Waals surface area contributed by atoms with Gasteiger partial charge < -0.3 is 14.3 Å². The molecular formula is C25H21NO4. The molecule has 4 rings (SSSR count). The number of hydrogen-bond donors (Lipinski definition) is 0. The molecule has 0 unspecified atom stereocenters. The van der Waals surface area contributed by atoms with Crippen LogP contribution in [0, 0.1) is 6.92 Å². The Kier molecular flexibility index (Phi) is 5.61. The third-order valence-corrected chi connectivity index (χ3v) is 4.76. The number of oxime groups is 1. The number of methoxy groups -OCH3 is 1. The Morgan fingerprint density at radius 1 is 0.967 bits per heavy atom. The van der Waals surface area contributed by atoms with E-state index in [0.717, 1.165) is 22.3 Å². The molecule has 0 N–H and O–H groups in total. The summed E-state index contributed by atoms with van der Waals surface area (Å²) >= 11 is 0.